The lowest BCUT2D eigenvalue weighted by atomic mass is 10.1. The third-order valence-electron chi connectivity index (χ3n) is 1.97. The molecule has 0 N–H and O–H groups in total. The second-order valence-electron chi connectivity index (χ2n) is 3.01. The van der Waals surface area contributed by atoms with Crippen molar-refractivity contribution < 1.29 is 26.7 Å². The van der Waals surface area contributed by atoms with Crippen LogP contribution in [0.5, 0.6) is 5.75 Å². The molecule has 16 heavy (non-hydrogen) atoms. The summed E-state index contributed by atoms with van der Waals surface area (Å²) < 4.78 is 67.0. The summed E-state index contributed by atoms with van der Waals surface area (Å²) in [7, 11) is 0.913. The molecule has 0 atom stereocenters. The van der Waals surface area contributed by atoms with Crippen LogP contribution in [0.3, 0.4) is 0 Å². The molecule has 90 valence electrons. The molecule has 0 aromatic carbocycles. The highest BCUT2D eigenvalue weighted by Gasteiger charge is 2.39. The Bertz CT molecular complexity index is 388. The molecule has 0 fully saturated rings. The SMILES string of the molecule is COc1c(C(F)F)cnc(C)c1C(F)(F)F. The Morgan fingerprint density at radius 1 is 1.31 bits per heavy atom. The van der Waals surface area contributed by atoms with Gasteiger partial charge in [-0.3, -0.25) is 4.98 Å². The maximum absolute atomic E-state index is 12.6. The van der Waals surface area contributed by atoms with Crippen molar-refractivity contribution >= 4 is 0 Å². The van der Waals surface area contributed by atoms with E-state index in [9.17, 15) is 22.0 Å². The summed E-state index contributed by atoms with van der Waals surface area (Å²) in [6.07, 6.45) is -7.15. The molecule has 0 saturated heterocycles. The number of hydrogen-bond donors (Lipinski definition) is 0. The van der Waals surface area contributed by atoms with Crippen LogP contribution >= 0.6 is 0 Å². The molecule has 0 aliphatic heterocycles. The maximum Gasteiger partial charge on any atom is 0.421 e. The van der Waals surface area contributed by atoms with Gasteiger partial charge >= 0.3 is 6.18 Å². The predicted molar refractivity (Wildman–Crippen MR) is 45.5 cm³/mol. The van der Waals surface area contributed by atoms with Gasteiger partial charge in [-0.25, -0.2) is 8.78 Å². The van der Waals surface area contributed by atoms with Gasteiger partial charge in [-0.05, 0) is 6.92 Å². The smallest absolute Gasteiger partial charge is 0.421 e. The Balaban J connectivity index is 3.51. The number of methoxy groups -OCH3 is 1. The summed E-state index contributed by atoms with van der Waals surface area (Å²) in [6.45, 7) is 1.08. The van der Waals surface area contributed by atoms with Crippen molar-refractivity contribution in [1.82, 2.24) is 4.98 Å². The second kappa shape index (κ2) is 4.23. The fourth-order valence-electron chi connectivity index (χ4n) is 1.31. The summed E-state index contributed by atoms with van der Waals surface area (Å²) in [6, 6.07) is 0. The Morgan fingerprint density at radius 3 is 2.25 bits per heavy atom. The van der Waals surface area contributed by atoms with Gasteiger partial charge in [0.15, 0.2) is 0 Å². The fourth-order valence-corrected chi connectivity index (χ4v) is 1.31. The van der Waals surface area contributed by atoms with Crippen molar-refractivity contribution in [2.45, 2.75) is 19.5 Å². The van der Waals surface area contributed by atoms with Crippen molar-refractivity contribution in [2.75, 3.05) is 7.11 Å². The fraction of sp³-hybridized carbons (Fsp3) is 0.444. The molecular formula is C9H8F5NO. The summed E-state index contributed by atoms with van der Waals surface area (Å²) in [4.78, 5) is 3.30. The van der Waals surface area contributed by atoms with Crippen LogP contribution in [-0.2, 0) is 6.18 Å². The lowest BCUT2D eigenvalue weighted by Crippen LogP contribution is -2.13. The van der Waals surface area contributed by atoms with Crippen LogP contribution in [0, 0.1) is 6.92 Å². The maximum atomic E-state index is 12.6. The lowest BCUT2D eigenvalue weighted by Gasteiger charge is -2.16. The third-order valence-corrected chi connectivity index (χ3v) is 1.97. The van der Waals surface area contributed by atoms with Crippen LogP contribution in [0.4, 0.5) is 22.0 Å². The molecule has 1 aromatic heterocycles. The van der Waals surface area contributed by atoms with E-state index < -0.39 is 35.2 Å². The Kier molecular flexibility index (Phi) is 3.35. The monoisotopic (exact) mass is 241 g/mol. The molecule has 0 aliphatic rings. The van der Waals surface area contributed by atoms with Gasteiger partial charge in [-0.2, -0.15) is 13.2 Å². The first kappa shape index (κ1) is 12.7. The Hall–Kier alpha value is -1.40. The number of aromatic nitrogens is 1. The summed E-state index contributed by atoms with van der Waals surface area (Å²) in [5, 5.41) is 0. The van der Waals surface area contributed by atoms with E-state index in [1.165, 1.54) is 0 Å². The molecular weight excluding hydrogens is 233 g/mol. The van der Waals surface area contributed by atoms with Crippen LogP contribution < -0.4 is 4.74 Å². The van der Waals surface area contributed by atoms with Crippen LogP contribution in [0.1, 0.15) is 23.2 Å². The van der Waals surface area contributed by atoms with Crippen molar-refractivity contribution in [3.8, 4) is 5.75 Å². The van der Waals surface area contributed by atoms with Crippen LogP contribution in [0.25, 0.3) is 0 Å². The zero-order chi connectivity index (χ0) is 12.5. The van der Waals surface area contributed by atoms with Crippen molar-refractivity contribution in [3.63, 3.8) is 0 Å². The van der Waals surface area contributed by atoms with Gasteiger partial charge in [0, 0.05) is 6.20 Å². The molecule has 1 aromatic rings. The summed E-state index contributed by atoms with van der Waals surface area (Å²) >= 11 is 0. The van der Waals surface area contributed by atoms with E-state index in [1.807, 2.05) is 0 Å². The van der Waals surface area contributed by atoms with Crippen LogP contribution in [0.15, 0.2) is 6.20 Å². The van der Waals surface area contributed by atoms with Crippen molar-refractivity contribution in [1.29, 1.82) is 0 Å². The average Bonchev–Trinajstić information content (AvgIpc) is 2.14. The number of aryl methyl sites for hydroxylation is 1. The minimum absolute atomic E-state index is 0.395. The molecule has 0 radical (unpaired) electrons. The molecule has 7 heteroatoms. The van der Waals surface area contributed by atoms with E-state index >= 15 is 0 Å². The van der Waals surface area contributed by atoms with Gasteiger partial charge < -0.3 is 4.74 Å². The van der Waals surface area contributed by atoms with Gasteiger partial charge in [-0.1, -0.05) is 0 Å². The lowest BCUT2D eigenvalue weighted by molar-refractivity contribution is -0.139. The number of hydrogen-bond acceptors (Lipinski definition) is 2. The summed E-state index contributed by atoms with van der Waals surface area (Å²) in [5.74, 6) is -0.866. The molecule has 1 heterocycles. The molecule has 0 spiro atoms. The van der Waals surface area contributed by atoms with Crippen LogP contribution in [0.2, 0.25) is 0 Å². The standard InChI is InChI=1S/C9H8F5NO/c1-4-6(9(12,13)14)7(16-2)5(3-15-4)8(10)11/h3,8H,1-2H3. The number of alkyl halides is 5. The van der Waals surface area contributed by atoms with E-state index in [1.54, 1.807) is 0 Å². The number of pyridine rings is 1. The zero-order valence-electron chi connectivity index (χ0n) is 8.40. The number of ether oxygens (including phenoxy) is 1. The van der Waals surface area contributed by atoms with E-state index in [4.69, 9.17) is 0 Å². The first-order valence-corrected chi connectivity index (χ1v) is 4.17. The largest absolute Gasteiger partial charge is 0.495 e. The van der Waals surface area contributed by atoms with E-state index in [2.05, 4.69) is 9.72 Å². The highest BCUT2D eigenvalue weighted by molar-refractivity contribution is 5.44. The first-order valence-electron chi connectivity index (χ1n) is 4.17. The van der Waals surface area contributed by atoms with Gasteiger partial charge in [0.05, 0.1) is 18.4 Å². The first-order chi connectivity index (χ1) is 7.29. The van der Waals surface area contributed by atoms with E-state index in [-0.39, 0.29) is 0 Å². The third kappa shape index (κ3) is 2.23. The van der Waals surface area contributed by atoms with Gasteiger partial charge in [-0.15, -0.1) is 0 Å². The van der Waals surface area contributed by atoms with Gasteiger partial charge in [0.1, 0.15) is 11.3 Å². The summed E-state index contributed by atoms with van der Waals surface area (Å²) in [5.41, 5.74) is -2.51. The molecule has 0 bridgehead atoms. The normalized spacial score (nSPS) is 12.0. The average molecular weight is 241 g/mol. The van der Waals surface area contributed by atoms with Crippen molar-refractivity contribution in [2.24, 2.45) is 0 Å². The molecule has 1 rings (SSSR count). The topological polar surface area (TPSA) is 22.1 Å². The highest BCUT2D eigenvalue weighted by atomic mass is 19.4. The minimum Gasteiger partial charge on any atom is -0.495 e. The van der Waals surface area contributed by atoms with Gasteiger partial charge in [0.2, 0.25) is 0 Å². The number of nitrogens with zero attached hydrogens (tertiary/aromatic N) is 1. The minimum atomic E-state index is -4.77. The molecule has 0 unspecified atom stereocenters. The quantitative estimate of drug-likeness (QED) is 0.740. The number of halogens is 5. The molecule has 2 nitrogen and oxygen atoms in total. The highest BCUT2D eigenvalue weighted by Crippen LogP contribution is 2.42. The van der Waals surface area contributed by atoms with Crippen molar-refractivity contribution in [3.05, 3.63) is 23.0 Å². The van der Waals surface area contributed by atoms with E-state index in [0.717, 1.165) is 14.0 Å². The molecule has 0 saturated carbocycles. The Labute approximate surface area is 88.1 Å². The number of rotatable bonds is 2. The predicted octanol–water partition coefficient (Wildman–Crippen LogP) is 3.36. The second-order valence-corrected chi connectivity index (χ2v) is 3.01. The van der Waals surface area contributed by atoms with E-state index in [0.29, 0.717) is 6.20 Å². The molecule has 0 amide bonds. The van der Waals surface area contributed by atoms with Crippen LogP contribution in [-0.4, -0.2) is 12.1 Å². The Morgan fingerprint density at radius 2 is 1.88 bits per heavy atom. The zero-order valence-corrected chi connectivity index (χ0v) is 8.40. The molecule has 0 aliphatic carbocycles. The van der Waals surface area contributed by atoms with Gasteiger partial charge in [0.25, 0.3) is 6.43 Å².